The van der Waals surface area contributed by atoms with Crippen LogP contribution in [-0.4, -0.2) is 19.0 Å². The van der Waals surface area contributed by atoms with E-state index in [-0.39, 0.29) is 11.7 Å². The Kier molecular flexibility index (Phi) is 1.13. The van der Waals surface area contributed by atoms with Crippen LogP contribution in [-0.2, 0) is 0 Å². The molecular formula is C12H10O3. The summed E-state index contributed by atoms with van der Waals surface area (Å²) in [5, 5.41) is 0. The van der Waals surface area contributed by atoms with Gasteiger partial charge in [-0.3, -0.25) is 4.79 Å². The van der Waals surface area contributed by atoms with Gasteiger partial charge in [-0.05, 0) is 12.1 Å². The number of hydrogen-bond donors (Lipinski definition) is 0. The van der Waals surface area contributed by atoms with Crippen LogP contribution in [0, 0.1) is 17.8 Å². The standard InChI is InChI=1S/C12H10O3/c1-14-5-2-3-6-7(4-5)15-12-9-8(10(9)12)11(6)13/h2-4,8-10,12H,1H3. The van der Waals surface area contributed by atoms with E-state index in [1.165, 1.54) is 0 Å². The number of methoxy groups -OCH3 is 1. The summed E-state index contributed by atoms with van der Waals surface area (Å²) in [6.45, 7) is 0. The second-order valence-electron chi connectivity index (χ2n) is 4.49. The van der Waals surface area contributed by atoms with Gasteiger partial charge >= 0.3 is 0 Å². The number of carbonyl (C=O) groups is 1. The predicted octanol–water partition coefficient (Wildman–Crippen LogP) is 1.51. The second kappa shape index (κ2) is 2.18. The van der Waals surface area contributed by atoms with Crippen LogP contribution in [0.15, 0.2) is 18.2 Å². The Balaban J connectivity index is 1.85. The van der Waals surface area contributed by atoms with E-state index in [4.69, 9.17) is 9.47 Å². The summed E-state index contributed by atoms with van der Waals surface area (Å²) in [7, 11) is 1.62. The molecule has 1 aliphatic heterocycles. The number of carbonyl (C=O) groups excluding carboxylic acids is 1. The number of benzene rings is 1. The molecule has 1 aromatic rings. The number of fused-ring (bicyclic) bond motifs is 3. The highest BCUT2D eigenvalue weighted by atomic mass is 16.5. The first-order chi connectivity index (χ1) is 7.31. The number of ketones is 1. The van der Waals surface area contributed by atoms with Gasteiger partial charge < -0.3 is 9.47 Å². The quantitative estimate of drug-likeness (QED) is 0.692. The van der Waals surface area contributed by atoms with Gasteiger partial charge in [0, 0.05) is 23.8 Å². The average Bonchev–Trinajstić information content (AvgIpc) is 3.11. The zero-order chi connectivity index (χ0) is 10.2. The summed E-state index contributed by atoms with van der Waals surface area (Å²) >= 11 is 0. The van der Waals surface area contributed by atoms with Crippen molar-refractivity contribution in [2.75, 3.05) is 7.11 Å². The lowest BCUT2D eigenvalue weighted by molar-refractivity contribution is 0.0932. The lowest BCUT2D eigenvalue weighted by Gasteiger charge is -2.08. The molecule has 0 amide bonds. The first-order valence-electron chi connectivity index (χ1n) is 5.20. The SMILES string of the molecule is COc1ccc2c(c1)OC1C3C(C2=O)C13. The summed E-state index contributed by atoms with van der Waals surface area (Å²) < 4.78 is 10.9. The van der Waals surface area contributed by atoms with Gasteiger partial charge in [0.1, 0.15) is 17.6 Å². The van der Waals surface area contributed by atoms with Gasteiger partial charge in [0.05, 0.1) is 12.7 Å². The topological polar surface area (TPSA) is 35.5 Å². The van der Waals surface area contributed by atoms with Crippen molar-refractivity contribution < 1.29 is 14.3 Å². The lowest BCUT2D eigenvalue weighted by atomic mass is 10.0. The second-order valence-corrected chi connectivity index (χ2v) is 4.49. The third kappa shape index (κ3) is 0.798. The smallest absolute Gasteiger partial charge is 0.170 e. The van der Waals surface area contributed by atoms with E-state index in [0.29, 0.717) is 23.7 Å². The van der Waals surface area contributed by atoms with E-state index >= 15 is 0 Å². The van der Waals surface area contributed by atoms with Crippen LogP contribution in [0.4, 0.5) is 0 Å². The van der Waals surface area contributed by atoms with Crippen molar-refractivity contribution in [3.8, 4) is 11.5 Å². The molecule has 2 saturated carbocycles. The number of hydrogen-bond acceptors (Lipinski definition) is 3. The van der Waals surface area contributed by atoms with Crippen molar-refractivity contribution in [2.45, 2.75) is 6.10 Å². The molecule has 2 atom stereocenters. The fourth-order valence-electron chi connectivity index (χ4n) is 2.71. The molecule has 1 aromatic carbocycles. The molecule has 4 rings (SSSR count). The fourth-order valence-corrected chi connectivity index (χ4v) is 2.71. The molecule has 1 heterocycles. The van der Waals surface area contributed by atoms with Crippen molar-refractivity contribution in [2.24, 2.45) is 17.8 Å². The van der Waals surface area contributed by atoms with Crippen molar-refractivity contribution in [3.05, 3.63) is 23.8 Å². The van der Waals surface area contributed by atoms with Crippen LogP contribution in [0.1, 0.15) is 10.4 Å². The van der Waals surface area contributed by atoms with E-state index in [1.807, 2.05) is 18.2 Å². The van der Waals surface area contributed by atoms with E-state index in [1.54, 1.807) is 7.11 Å². The number of ether oxygens (including phenoxy) is 2. The molecule has 3 aliphatic rings. The van der Waals surface area contributed by atoms with Crippen molar-refractivity contribution in [1.29, 1.82) is 0 Å². The van der Waals surface area contributed by atoms with Gasteiger partial charge in [-0.15, -0.1) is 0 Å². The molecule has 0 bridgehead atoms. The molecule has 2 unspecified atom stereocenters. The van der Waals surface area contributed by atoms with E-state index in [0.717, 1.165) is 11.3 Å². The molecule has 0 aromatic heterocycles. The van der Waals surface area contributed by atoms with Crippen LogP contribution >= 0.6 is 0 Å². The first-order valence-corrected chi connectivity index (χ1v) is 5.20. The highest BCUT2D eigenvalue weighted by Crippen LogP contribution is 2.72. The van der Waals surface area contributed by atoms with Crippen LogP contribution in [0.25, 0.3) is 0 Å². The summed E-state index contributed by atoms with van der Waals surface area (Å²) in [4.78, 5) is 12.0. The number of rotatable bonds is 1. The molecule has 0 radical (unpaired) electrons. The van der Waals surface area contributed by atoms with Gasteiger partial charge in [-0.2, -0.15) is 0 Å². The van der Waals surface area contributed by atoms with Gasteiger partial charge in [-0.25, -0.2) is 0 Å². The van der Waals surface area contributed by atoms with Gasteiger partial charge in [-0.1, -0.05) is 0 Å². The van der Waals surface area contributed by atoms with Crippen LogP contribution < -0.4 is 9.47 Å². The highest BCUT2D eigenvalue weighted by Gasteiger charge is 2.79. The maximum absolute atomic E-state index is 12.0. The van der Waals surface area contributed by atoms with E-state index < -0.39 is 0 Å². The third-order valence-corrected chi connectivity index (χ3v) is 3.77. The maximum Gasteiger partial charge on any atom is 0.170 e. The molecule has 0 saturated heterocycles. The Hall–Kier alpha value is -1.51. The van der Waals surface area contributed by atoms with Crippen LogP contribution in [0.2, 0.25) is 0 Å². The summed E-state index contributed by atoms with van der Waals surface area (Å²) in [6.07, 6.45) is 0.312. The maximum atomic E-state index is 12.0. The van der Waals surface area contributed by atoms with Gasteiger partial charge in [0.2, 0.25) is 0 Å². The average molecular weight is 202 g/mol. The van der Waals surface area contributed by atoms with Crippen molar-refractivity contribution in [1.82, 2.24) is 0 Å². The monoisotopic (exact) mass is 202 g/mol. The molecule has 3 heteroatoms. The zero-order valence-electron chi connectivity index (χ0n) is 8.27. The zero-order valence-corrected chi connectivity index (χ0v) is 8.27. The van der Waals surface area contributed by atoms with E-state index in [9.17, 15) is 4.79 Å². The normalized spacial score (nSPS) is 38.3. The Morgan fingerprint density at radius 1 is 1.33 bits per heavy atom. The third-order valence-electron chi connectivity index (χ3n) is 3.77. The van der Waals surface area contributed by atoms with Crippen LogP contribution in [0.5, 0.6) is 11.5 Å². The summed E-state index contributed by atoms with van der Waals surface area (Å²) in [6, 6.07) is 5.45. The highest BCUT2D eigenvalue weighted by molar-refractivity contribution is 6.04. The molecule has 2 aliphatic carbocycles. The molecule has 76 valence electrons. The minimum atomic E-state index is 0.261. The predicted molar refractivity (Wildman–Crippen MR) is 52.2 cm³/mol. The molecule has 0 N–H and O–H groups in total. The molecule has 0 spiro atoms. The molecular weight excluding hydrogens is 192 g/mol. The van der Waals surface area contributed by atoms with Crippen molar-refractivity contribution >= 4 is 5.78 Å². The molecule has 15 heavy (non-hydrogen) atoms. The molecule has 3 nitrogen and oxygen atoms in total. The lowest BCUT2D eigenvalue weighted by Crippen LogP contribution is -2.13. The largest absolute Gasteiger partial charge is 0.497 e. The minimum absolute atomic E-state index is 0.261. The first kappa shape index (κ1) is 7.74. The Morgan fingerprint density at radius 3 is 2.87 bits per heavy atom. The fraction of sp³-hybridized carbons (Fsp3) is 0.417. The van der Waals surface area contributed by atoms with E-state index in [2.05, 4.69) is 0 Å². The Bertz CT molecular complexity index is 470. The van der Waals surface area contributed by atoms with Gasteiger partial charge in [0.25, 0.3) is 0 Å². The van der Waals surface area contributed by atoms with Crippen LogP contribution in [0.3, 0.4) is 0 Å². The minimum Gasteiger partial charge on any atom is -0.497 e. The molecule has 2 fully saturated rings. The van der Waals surface area contributed by atoms with Crippen molar-refractivity contribution in [3.63, 3.8) is 0 Å². The Labute approximate surface area is 87.0 Å². The van der Waals surface area contributed by atoms with Gasteiger partial charge in [0.15, 0.2) is 5.78 Å². The summed E-state index contributed by atoms with van der Waals surface area (Å²) in [5.41, 5.74) is 0.730. The summed E-state index contributed by atoms with van der Waals surface area (Å²) in [5.74, 6) is 3.03. The number of Topliss-reactive ketones (excluding diaryl/α,β-unsaturated/α-hetero) is 1. The Morgan fingerprint density at radius 2 is 2.13 bits per heavy atom.